The number of hydrogen-bond donors (Lipinski definition) is 2. The summed E-state index contributed by atoms with van der Waals surface area (Å²) in [5.41, 5.74) is 2.66. The highest BCUT2D eigenvalue weighted by Gasteiger charge is 2.18. The van der Waals surface area contributed by atoms with Crippen molar-refractivity contribution in [3.8, 4) is 0 Å². The molecule has 0 atom stereocenters. The van der Waals surface area contributed by atoms with E-state index in [0.717, 1.165) is 31.5 Å². The molecule has 0 unspecified atom stereocenters. The fraction of sp³-hybridized carbons (Fsp3) is 0.438. The van der Waals surface area contributed by atoms with Gasteiger partial charge in [0.2, 0.25) is 0 Å². The molecular weight excluding hydrogens is 278 g/mol. The summed E-state index contributed by atoms with van der Waals surface area (Å²) in [6, 6.07) is 8.36. The van der Waals surface area contributed by atoms with Crippen LogP contribution in [-0.2, 0) is 6.54 Å². The van der Waals surface area contributed by atoms with Crippen molar-refractivity contribution in [2.45, 2.75) is 32.4 Å². The van der Waals surface area contributed by atoms with Gasteiger partial charge in [0.25, 0.3) is 5.91 Å². The third-order valence-electron chi connectivity index (χ3n) is 4.13. The highest BCUT2D eigenvalue weighted by molar-refractivity contribution is 5.91. The number of carbonyl (C=O) groups excluding carboxylic acids is 1. The maximum absolute atomic E-state index is 12.2. The Hall–Kier alpha value is -2.21. The molecule has 2 aromatic rings. The molecule has 1 fully saturated rings. The van der Waals surface area contributed by atoms with E-state index in [4.69, 9.17) is 0 Å². The summed E-state index contributed by atoms with van der Waals surface area (Å²) >= 11 is 0. The lowest BCUT2D eigenvalue weighted by molar-refractivity contribution is 0.0945. The van der Waals surface area contributed by atoms with Crippen molar-refractivity contribution in [2.75, 3.05) is 13.1 Å². The highest BCUT2D eigenvalue weighted by Crippen LogP contribution is 2.17. The molecule has 1 aliphatic heterocycles. The summed E-state index contributed by atoms with van der Waals surface area (Å²) in [5, 5.41) is 14.3. The minimum atomic E-state index is -0.177. The van der Waals surface area contributed by atoms with Gasteiger partial charge in [0, 0.05) is 6.54 Å². The van der Waals surface area contributed by atoms with Gasteiger partial charge in [0.15, 0.2) is 5.69 Å². The predicted octanol–water partition coefficient (Wildman–Crippen LogP) is 1.44. The second kappa shape index (κ2) is 6.70. The Morgan fingerprint density at radius 2 is 2.14 bits per heavy atom. The number of aromatic nitrogens is 3. The molecule has 1 aromatic heterocycles. The Balaban J connectivity index is 1.61. The van der Waals surface area contributed by atoms with Gasteiger partial charge in [-0.1, -0.05) is 29.5 Å². The molecule has 6 nitrogen and oxygen atoms in total. The number of benzene rings is 1. The second-order valence-electron chi connectivity index (χ2n) is 5.67. The first-order valence-corrected chi connectivity index (χ1v) is 7.69. The van der Waals surface area contributed by atoms with Gasteiger partial charge in [-0.2, -0.15) is 0 Å². The normalized spacial score (nSPS) is 15.7. The average molecular weight is 299 g/mol. The first kappa shape index (κ1) is 14.7. The quantitative estimate of drug-likeness (QED) is 0.896. The molecule has 1 aliphatic rings. The van der Waals surface area contributed by atoms with E-state index in [-0.39, 0.29) is 5.91 Å². The lowest BCUT2D eigenvalue weighted by atomic mass is 10.1. The highest BCUT2D eigenvalue weighted by atomic mass is 16.2. The van der Waals surface area contributed by atoms with Gasteiger partial charge in [-0.05, 0) is 44.0 Å². The van der Waals surface area contributed by atoms with Crippen LogP contribution in [0.2, 0.25) is 0 Å². The topological polar surface area (TPSA) is 71.8 Å². The molecule has 0 spiro atoms. The lowest BCUT2D eigenvalue weighted by Gasteiger charge is -2.22. The van der Waals surface area contributed by atoms with Gasteiger partial charge in [-0.3, -0.25) is 4.79 Å². The van der Waals surface area contributed by atoms with E-state index in [2.05, 4.69) is 20.9 Å². The molecule has 116 valence electrons. The fourth-order valence-electron chi connectivity index (χ4n) is 2.70. The number of rotatable bonds is 4. The minimum Gasteiger partial charge on any atom is -0.347 e. The van der Waals surface area contributed by atoms with Crippen LogP contribution in [0.3, 0.4) is 0 Å². The number of hydrogen-bond acceptors (Lipinski definition) is 4. The molecule has 0 bridgehead atoms. The third kappa shape index (κ3) is 3.33. The van der Waals surface area contributed by atoms with Gasteiger partial charge in [0.1, 0.15) is 0 Å². The van der Waals surface area contributed by atoms with Gasteiger partial charge in [0.05, 0.1) is 12.2 Å². The van der Waals surface area contributed by atoms with Crippen LogP contribution in [0.25, 0.3) is 0 Å². The van der Waals surface area contributed by atoms with Crippen LogP contribution in [0.1, 0.15) is 40.5 Å². The fourth-order valence-corrected chi connectivity index (χ4v) is 2.70. The van der Waals surface area contributed by atoms with Crippen LogP contribution in [0.15, 0.2) is 30.5 Å². The zero-order valence-corrected chi connectivity index (χ0v) is 12.7. The molecular formula is C16H21N5O. The molecule has 22 heavy (non-hydrogen) atoms. The van der Waals surface area contributed by atoms with E-state index in [9.17, 15) is 4.79 Å². The Kier molecular flexibility index (Phi) is 4.48. The summed E-state index contributed by atoms with van der Waals surface area (Å²) in [6.07, 6.45) is 3.80. The molecule has 3 rings (SSSR count). The van der Waals surface area contributed by atoms with E-state index < -0.39 is 0 Å². The number of amides is 1. The standard InChI is InChI=1S/C16H21N5O/c1-12-4-2-3-5-13(12)10-18-16(22)15-11-21(20-19-15)14-6-8-17-9-7-14/h2-5,11,14,17H,6-10H2,1H3,(H,18,22). The van der Waals surface area contributed by atoms with Crippen molar-refractivity contribution in [3.05, 3.63) is 47.3 Å². The maximum atomic E-state index is 12.2. The van der Waals surface area contributed by atoms with Crippen LogP contribution in [0.4, 0.5) is 0 Å². The summed E-state index contributed by atoms with van der Waals surface area (Å²) in [4.78, 5) is 12.2. The van der Waals surface area contributed by atoms with Crippen molar-refractivity contribution in [1.82, 2.24) is 25.6 Å². The zero-order valence-electron chi connectivity index (χ0n) is 12.7. The summed E-state index contributed by atoms with van der Waals surface area (Å²) in [6.45, 7) is 4.51. The summed E-state index contributed by atoms with van der Waals surface area (Å²) in [5.74, 6) is -0.177. The third-order valence-corrected chi connectivity index (χ3v) is 4.13. The van der Waals surface area contributed by atoms with Crippen LogP contribution < -0.4 is 10.6 Å². The van der Waals surface area contributed by atoms with E-state index in [1.807, 2.05) is 35.9 Å². The molecule has 6 heteroatoms. The van der Waals surface area contributed by atoms with Crippen LogP contribution in [-0.4, -0.2) is 34.0 Å². The van der Waals surface area contributed by atoms with E-state index in [1.54, 1.807) is 6.20 Å². The van der Waals surface area contributed by atoms with Crippen molar-refractivity contribution in [2.24, 2.45) is 0 Å². The van der Waals surface area contributed by atoms with Crippen molar-refractivity contribution in [3.63, 3.8) is 0 Å². The number of piperidine rings is 1. The molecule has 2 heterocycles. The SMILES string of the molecule is Cc1ccccc1CNC(=O)c1cn(C2CCNCC2)nn1. The van der Waals surface area contributed by atoms with E-state index in [0.29, 0.717) is 18.3 Å². The van der Waals surface area contributed by atoms with Gasteiger partial charge in [-0.25, -0.2) is 4.68 Å². The molecule has 0 aliphatic carbocycles. The van der Waals surface area contributed by atoms with Crippen molar-refractivity contribution >= 4 is 5.91 Å². The van der Waals surface area contributed by atoms with Crippen molar-refractivity contribution in [1.29, 1.82) is 0 Å². The average Bonchev–Trinajstić information content (AvgIpc) is 3.05. The monoisotopic (exact) mass is 299 g/mol. The summed E-state index contributed by atoms with van der Waals surface area (Å²) < 4.78 is 1.82. The lowest BCUT2D eigenvalue weighted by Crippen LogP contribution is -2.29. The number of nitrogens with one attached hydrogen (secondary N) is 2. The maximum Gasteiger partial charge on any atom is 0.273 e. The van der Waals surface area contributed by atoms with Crippen LogP contribution in [0.5, 0.6) is 0 Å². The number of nitrogens with zero attached hydrogens (tertiary/aromatic N) is 3. The Morgan fingerprint density at radius 3 is 2.91 bits per heavy atom. The van der Waals surface area contributed by atoms with Crippen LogP contribution in [0, 0.1) is 6.92 Å². The Labute approximate surface area is 129 Å². The number of aryl methyl sites for hydroxylation is 1. The smallest absolute Gasteiger partial charge is 0.273 e. The minimum absolute atomic E-state index is 0.177. The Bertz CT molecular complexity index is 645. The predicted molar refractivity (Wildman–Crippen MR) is 83.5 cm³/mol. The first-order valence-electron chi connectivity index (χ1n) is 7.69. The molecule has 1 amide bonds. The molecule has 0 radical (unpaired) electrons. The molecule has 0 saturated carbocycles. The van der Waals surface area contributed by atoms with E-state index >= 15 is 0 Å². The van der Waals surface area contributed by atoms with E-state index in [1.165, 1.54) is 5.56 Å². The summed E-state index contributed by atoms with van der Waals surface area (Å²) in [7, 11) is 0. The largest absolute Gasteiger partial charge is 0.347 e. The molecule has 1 aromatic carbocycles. The Morgan fingerprint density at radius 1 is 1.36 bits per heavy atom. The van der Waals surface area contributed by atoms with Gasteiger partial charge < -0.3 is 10.6 Å². The van der Waals surface area contributed by atoms with Crippen LogP contribution >= 0.6 is 0 Å². The van der Waals surface area contributed by atoms with Gasteiger partial charge in [-0.15, -0.1) is 5.10 Å². The van der Waals surface area contributed by atoms with Gasteiger partial charge >= 0.3 is 0 Å². The zero-order chi connectivity index (χ0) is 15.4. The number of carbonyl (C=O) groups is 1. The molecule has 1 saturated heterocycles. The van der Waals surface area contributed by atoms with Crippen molar-refractivity contribution < 1.29 is 4.79 Å². The second-order valence-corrected chi connectivity index (χ2v) is 5.67. The molecule has 2 N–H and O–H groups in total. The first-order chi connectivity index (χ1) is 10.7.